The molecule has 0 bridgehead atoms. The molecule has 0 aliphatic heterocycles. The van der Waals surface area contributed by atoms with Crippen LogP contribution in [0.5, 0.6) is 5.75 Å². The Morgan fingerprint density at radius 3 is 2.41 bits per heavy atom. The summed E-state index contributed by atoms with van der Waals surface area (Å²) in [4.78, 5) is 13.3. The van der Waals surface area contributed by atoms with Gasteiger partial charge in [0.25, 0.3) is 20.2 Å². The average molecular weight is 682 g/mol. The van der Waals surface area contributed by atoms with Crippen molar-refractivity contribution in [1.29, 1.82) is 0 Å². The molecular weight excluding hydrogens is 667 g/mol. The molecular formula is C22H15N7O11S4. The Labute approximate surface area is 253 Å². The number of aromatic hydroxyl groups is 1. The Balaban J connectivity index is 1.73. The standard InChI is InChI=1S/C22H15N7O11S4/c23-18-17-9(5-15(42-40-39-32)19(21(17)31)26-25-13-8-24-4-3-14(13)30)6-16(44(36,37)38)20(18)27-28-22-11-7-10(43(33,34)35)1-2-12(11)29-41-22/h1-8,31-32H,23H2,(H,24,30)(H,33,34,35)(H,36,37,38). The fraction of sp³-hybridized carbons (Fsp3) is 0. The first kappa shape index (κ1) is 31.0. The zero-order valence-electron chi connectivity index (χ0n) is 21.2. The maximum atomic E-state index is 12.4. The molecule has 228 valence electrons. The van der Waals surface area contributed by atoms with E-state index in [1.807, 2.05) is 0 Å². The van der Waals surface area contributed by atoms with Gasteiger partial charge in [0, 0.05) is 23.8 Å². The summed E-state index contributed by atoms with van der Waals surface area (Å²) in [6, 6.07) is 6.78. The van der Waals surface area contributed by atoms with E-state index >= 15 is 0 Å². The molecule has 7 N–H and O–H groups in total. The SMILES string of the molecule is Nc1c(N=Nc2snc3ccc(S(=O)(=O)O)cc23)c(S(=O)(=O)O)cc2cc(SOOO)c(N=Nc3c[nH]ccc3=O)c(O)c12. The Morgan fingerprint density at radius 2 is 1.73 bits per heavy atom. The van der Waals surface area contributed by atoms with Crippen molar-refractivity contribution < 1.29 is 45.7 Å². The fourth-order valence-electron chi connectivity index (χ4n) is 3.85. The molecule has 5 rings (SSSR count). The lowest BCUT2D eigenvalue weighted by Gasteiger charge is -2.14. The van der Waals surface area contributed by atoms with E-state index in [-0.39, 0.29) is 42.9 Å². The van der Waals surface area contributed by atoms with Gasteiger partial charge in [-0.05, 0) is 47.3 Å². The maximum absolute atomic E-state index is 12.4. The van der Waals surface area contributed by atoms with Gasteiger partial charge in [-0.15, -0.1) is 24.8 Å². The quantitative estimate of drug-likeness (QED) is 0.0292. The highest BCUT2D eigenvalue weighted by Gasteiger charge is 2.26. The fourth-order valence-corrected chi connectivity index (χ4v) is 6.20. The van der Waals surface area contributed by atoms with Gasteiger partial charge in [-0.25, -0.2) is 5.26 Å². The third-order valence-corrected chi connectivity index (χ3v) is 8.87. The molecule has 0 saturated heterocycles. The number of phenols is 1. The van der Waals surface area contributed by atoms with Crippen molar-refractivity contribution in [2.75, 3.05) is 5.73 Å². The molecule has 0 saturated carbocycles. The molecule has 0 fully saturated rings. The van der Waals surface area contributed by atoms with E-state index in [0.717, 1.165) is 29.7 Å². The lowest BCUT2D eigenvalue weighted by Crippen LogP contribution is -2.02. The van der Waals surface area contributed by atoms with E-state index < -0.39 is 52.6 Å². The molecule has 0 unspecified atom stereocenters. The summed E-state index contributed by atoms with van der Waals surface area (Å²) in [5.74, 6) is -0.709. The van der Waals surface area contributed by atoms with Crippen molar-refractivity contribution in [2.45, 2.75) is 14.7 Å². The van der Waals surface area contributed by atoms with Crippen LogP contribution in [0.2, 0.25) is 0 Å². The minimum absolute atomic E-state index is 0.0222. The van der Waals surface area contributed by atoms with Gasteiger partial charge in [0.05, 0.1) is 38.4 Å². The number of nitrogens with zero attached hydrogens (tertiary/aromatic N) is 5. The highest BCUT2D eigenvalue weighted by atomic mass is 32.2. The molecule has 44 heavy (non-hydrogen) atoms. The number of pyridine rings is 1. The molecule has 5 aromatic rings. The minimum Gasteiger partial charge on any atom is -0.505 e. The molecule has 18 nitrogen and oxygen atoms in total. The number of H-pyrrole nitrogens is 1. The zero-order chi connectivity index (χ0) is 31.8. The van der Waals surface area contributed by atoms with E-state index in [0.29, 0.717) is 12.0 Å². The van der Waals surface area contributed by atoms with Crippen LogP contribution in [0.15, 0.2) is 88.7 Å². The topological polar surface area (TPSA) is 289 Å². The second-order valence-corrected chi connectivity index (χ2v) is 12.7. The number of nitrogens with two attached hydrogens (primary N) is 1. The molecule has 0 atom stereocenters. The van der Waals surface area contributed by atoms with Crippen LogP contribution >= 0.6 is 23.6 Å². The Morgan fingerprint density at radius 1 is 0.977 bits per heavy atom. The van der Waals surface area contributed by atoms with Gasteiger partial charge in [0.15, 0.2) is 10.8 Å². The van der Waals surface area contributed by atoms with Gasteiger partial charge in [0.2, 0.25) is 5.43 Å². The van der Waals surface area contributed by atoms with Gasteiger partial charge in [0.1, 0.15) is 22.0 Å². The van der Waals surface area contributed by atoms with Crippen molar-refractivity contribution >= 4 is 93.2 Å². The number of anilines is 1. The van der Waals surface area contributed by atoms with Crippen molar-refractivity contribution in [1.82, 2.24) is 9.36 Å². The summed E-state index contributed by atoms with van der Waals surface area (Å²) in [5, 5.41) is 38.7. The lowest BCUT2D eigenvalue weighted by atomic mass is 10.1. The van der Waals surface area contributed by atoms with E-state index in [2.05, 4.69) is 39.2 Å². The number of nitrogens with one attached hydrogen (secondary N) is 1. The number of phenolic OH excluding ortho intramolecular Hbond substituents is 1. The number of aromatic amines is 1. The zero-order valence-corrected chi connectivity index (χ0v) is 24.5. The van der Waals surface area contributed by atoms with Crippen molar-refractivity contribution in [2.24, 2.45) is 20.5 Å². The molecule has 0 radical (unpaired) electrons. The molecule has 3 aromatic carbocycles. The summed E-state index contributed by atoms with van der Waals surface area (Å²) in [7, 11) is -9.61. The Kier molecular flexibility index (Phi) is 8.43. The molecule has 2 aromatic heterocycles. The first-order valence-corrected chi connectivity index (χ1v) is 15.8. The van der Waals surface area contributed by atoms with Crippen LogP contribution in [-0.4, -0.2) is 45.7 Å². The third-order valence-electron chi connectivity index (χ3n) is 5.78. The van der Waals surface area contributed by atoms with Crippen LogP contribution < -0.4 is 11.2 Å². The summed E-state index contributed by atoms with van der Waals surface area (Å²) < 4.78 is 75.8. The molecule has 0 spiro atoms. The predicted octanol–water partition coefficient (Wildman–Crippen LogP) is 5.18. The van der Waals surface area contributed by atoms with Gasteiger partial charge in [-0.1, -0.05) is 5.04 Å². The number of nitrogen functional groups attached to an aromatic ring is 1. The number of hydrogen-bond donors (Lipinski definition) is 6. The number of aromatic nitrogens is 2. The van der Waals surface area contributed by atoms with E-state index in [1.54, 1.807) is 0 Å². The predicted molar refractivity (Wildman–Crippen MR) is 155 cm³/mol. The molecule has 0 aliphatic rings. The van der Waals surface area contributed by atoms with E-state index in [1.165, 1.54) is 30.6 Å². The van der Waals surface area contributed by atoms with Gasteiger partial charge >= 0.3 is 0 Å². The van der Waals surface area contributed by atoms with Crippen LogP contribution in [0.25, 0.3) is 21.7 Å². The third kappa shape index (κ3) is 6.14. The smallest absolute Gasteiger partial charge is 0.296 e. The Hall–Kier alpha value is -4.39. The summed E-state index contributed by atoms with van der Waals surface area (Å²) in [6.45, 7) is 0. The minimum atomic E-state index is -5.03. The number of azo groups is 2. The lowest BCUT2D eigenvalue weighted by molar-refractivity contribution is -0.432. The number of fused-ring (bicyclic) bond motifs is 2. The average Bonchev–Trinajstić information content (AvgIpc) is 3.37. The highest BCUT2D eigenvalue weighted by molar-refractivity contribution is 7.94. The molecule has 0 aliphatic carbocycles. The van der Waals surface area contributed by atoms with Crippen molar-refractivity contribution in [3.8, 4) is 5.75 Å². The van der Waals surface area contributed by atoms with Gasteiger partial charge < -0.3 is 15.8 Å². The molecule has 22 heteroatoms. The van der Waals surface area contributed by atoms with Crippen LogP contribution in [-0.2, 0) is 29.6 Å². The van der Waals surface area contributed by atoms with Crippen LogP contribution in [0.1, 0.15) is 0 Å². The second-order valence-electron chi connectivity index (χ2n) is 8.44. The first-order valence-electron chi connectivity index (χ1n) is 11.4. The highest BCUT2D eigenvalue weighted by Crippen LogP contribution is 2.49. The van der Waals surface area contributed by atoms with Crippen LogP contribution in [0, 0.1) is 0 Å². The monoisotopic (exact) mass is 681 g/mol. The van der Waals surface area contributed by atoms with Gasteiger partial charge in [-0.3, -0.25) is 13.9 Å². The Bertz CT molecular complexity index is 2290. The number of rotatable bonds is 9. The van der Waals surface area contributed by atoms with E-state index in [4.69, 9.17) is 11.0 Å². The number of benzene rings is 3. The largest absolute Gasteiger partial charge is 0.505 e. The van der Waals surface area contributed by atoms with Crippen molar-refractivity contribution in [3.63, 3.8) is 0 Å². The summed E-state index contributed by atoms with van der Waals surface area (Å²) >= 11 is 1.07. The molecule has 0 amide bonds. The van der Waals surface area contributed by atoms with Crippen LogP contribution in [0.3, 0.4) is 0 Å². The second kappa shape index (κ2) is 11.9. The van der Waals surface area contributed by atoms with Gasteiger partial charge in [-0.2, -0.15) is 21.2 Å². The summed E-state index contributed by atoms with van der Waals surface area (Å²) in [5.41, 5.74) is 4.38. The van der Waals surface area contributed by atoms with Crippen LogP contribution in [0.4, 0.5) is 27.8 Å². The normalized spacial score (nSPS) is 12.7. The van der Waals surface area contributed by atoms with Crippen molar-refractivity contribution in [3.05, 3.63) is 59.0 Å². The van der Waals surface area contributed by atoms with E-state index in [9.17, 15) is 35.8 Å². The molecule has 2 heterocycles. The number of hydrogen-bond acceptors (Lipinski definition) is 17. The first-order chi connectivity index (χ1) is 20.8. The summed E-state index contributed by atoms with van der Waals surface area (Å²) in [6.07, 6.45) is 2.59. The maximum Gasteiger partial charge on any atom is 0.296 e.